The highest BCUT2D eigenvalue weighted by atomic mass is 16.2. The summed E-state index contributed by atoms with van der Waals surface area (Å²) < 4.78 is 0. The first kappa shape index (κ1) is 9.30. The molecule has 0 aromatic heterocycles. The van der Waals surface area contributed by atoms with Gasteiger partial charge in [-0.05, 0) is 19.3 Å². The van der Waals surface area contributed by atoms with E-state index in [0.29, 0.717) is 5.92 Å². The third-order valence-electron chi connectivity index (χ3n) is 2.20. The molecule has 0 bridgehead atoms. The van der Waals surface area contributed by atoms with Crippen molar-refractivity contribution in [3.05, 3.63) is 11.6 Å². The van der Waals surface area contributed by atoms with Gasteiger partial charge in [0.1, 0.15) is 0 Å². The Bertz CT molecular complexity index is 202. The Balaban J connectivity index is 2.43. The van der Waals surface area contributed by atoms with Gasteiger partial charge in [0.2, 0.25) is 5.91 Å². The Kier molecular flexibility index (Phi) is 2.90. The minimum absolute atomic E-state index is 0.218. The number of hydrogen-bond donors (Lipinski definition) is 0. The molecule has 0 aliphatic carbocycles. The molecule has 68 valence electrons. The molecule has 0 aromatic carbocycles. The van der Waals surface area contributed by atoms with Gasteiger partial charge in [-0.1, -0.05) is 19.9 Å². The lowest BCUT2D eigenvalue weighted by Crippen LogP contribution is -2.48. The minimum Gasteiger partial charge on any atom is -0.338 e. The summed E-state index contributed by atoms with van der Waals surface area (Å²) in [6, 6.07) is 0. The number of amides is 1. The SMILES string of the molecule is CC/C=C(/C)C(=O)N1CC(C)C1. The number of nitrogens with zero attached hydrogens (tertiary/aromatic N) is 1. The van der Waals surface area contributed by atoms with Crippen LogP contribution in [-0.2, 0) is 4.79 Å². The van der Waals surface area contributed by atoms with E-state index >= 15 is 0 Å². The molecule has 0 unspecified atom stereocenters. The zero-order chi connectivity index (χ0) is 9.14. The van der Waals surface area contributed by atoms with Crippen molar-refractivity contribution in [1.29, 1.82) is 0 Å². The normalized spacial score (nSPS) is 19.2. The molecule has 1 rings (SSSR count). The van der Waals surface area contributed by atoms with E-state index in [2.05, 4.69) is 13.8 Å². The van der Waals surface area contributed by atoms with E-state index in [0.717, 1.165) is 25.1 Å². The van der Waals surface area contributed by atoms with Gasteiger partial charge in [-0.3, -0.25) is 4.79 Å². The summed E-state index contributed by atoms with van der Waals surface area (Å²) in [6.45, 7) is 7.99. The fourth-order valence-corrected chi connectivity index (χ4v) is 1.51. The number of allylic oxidation sites excluding steroid dienone is 1. The van der Waals surface area contributed by atoms with Crippen LogP contribution in [0.15, 0.2) is 11.6 Å². The average Bonchev–Trinajstić information content (AvgIpc) is 1.98. The van der Waals surface area contributed by atoms with Crippen LogP contribution < -0.4 is 0 Å². The maximum atomic E-state index is 11.5. The second-order valence-electron chi connectivity index (χ2n) is 3.61. The van der Waals surface area contributed by atoms with Gasteiger partial charge < -0.3 is 4.90 Å². The fraction of sp³-hybridized carbons (Fsp3) is 0.700. The number of hydrogen-bond acceptors (Lipinski definition) is 1. The summed E-state index contributed by atoms with van der Waals surface area (Å²) in [5.74, 6) is 0.915. The molecular formula is C10H17NO. The van der Waals surface area contributed by atoms with Crippen molar-refractivity contribution < 1.29 is 4.79 Å². The van der Waals surface area contributed by atoms with Crippen molar-refractivity contribution in [2.75, 3.05) is 13.1 Å². The van der Waals surface area contributed by atoms with E-state index in [-0.39, 0.29) is 5.91 Å². The molecule has 2 nitrogen and oxygen atoms in total. The summed E-state index contributed by atoms with van der Waals surface area (Å²) in [6.07, 6.45) is 2.94. The summed E-state index contributed by atoms with van der Waals surface area (Å²) in [5.41, 5.74) is 0.893. The third kappa shape index (κ3) is 1.87. The topological polar surface area (TPSA) is 20.3 Å². The van der Waals surface area contributed by atoms with Gasteiger partial charge in [-0.25, -0.2) is 0 Å². The number of rotatable bonds is 2. The molecule has 0 aromatic rings. The number of likely N-dealkylation sites (tertiary alicyclic amines) is 1. The molecule has 1 fully saturated rings. The lowest BCUT2D eigenvalue weighted by molar-refractivity contribution is -0.132. The first-order valence-corrected chi connectivity index (χ1v) is 4.61. The highest BCUT2D eigenvalue weighted by Gasteiger charge is 2.27. The van der Waals surface area contributed by atoms with Crippen LogP contribution in [0.1, 0.15) is 27.2 Å². The van der Waals surface area contributed by atoms with Crippen molar-refractivity contribution in [3.63, 3.8) is 0 Å². The van der Waals surface area contributed by atoms with Crippen molar-refractivity contribution in [2.24, 2.45) is 5.92 Å². The molecular weight excluding hydrogens is 150 g/mol. The van der Waals surface area contributed by atoms with Gasteiger partial charge in [0.25, 0.3) is 0 Å². The third-order valence-corrected chi connectivity index (χ3v) is 2.20. The lowest BCUT2D eigenvalue weighted by Gasteiger charge is -2.37. The Morgan fingerprint density at radius 1 is 1.58 bits per heavy atom. The Morgan fingerprint density at radius 2 is 2.17 bits per heavy atom. The highest BCUT2D eigenvalue weighted by Crippen LogP contribution is 2.16. The van der Waals surface area contributed by atoms with Crippen molar-refractivity contribution in [1.82, 2.24) is 4.90 Å². The molecule has 0 atom stereocenters. The largest absolute Gasteiger partial charge is 0.338 e. The van der Waals surface area contributed by atoms with Crippen LogP contribution in [0.3, 0.4) is 0 Å². The maximum absolute atomic E-state index is 11.5. The summed E-state index contributed by atoms with van der Waals surface area (Å²) in [4.78, 5) is 13.4. The summed E-state index contributed by atoms with van der Waals surface area (Å²) in [7, 11) is 0. The van der Waals surface area contributed by atoms with Gasteiger partial charge in [0.15, 0.2) is 0 Å². The molecule has 1 heterocycles. The maximum Gasteiger partial charge on any atom is 0.249 e. The first-order valence-electron chi connectivity index (χ1n) is 4.61. The second kappa shape index (κ2) is 3.74. The molecule has 0 saturated carbocycles. The predicted octanol–water partition coefficient (Wildman–Crippen LogP) is 1.82. The van der Waals surface area contributed by atoms with E-state index in [1.165, 1.54) is 0 Å². The van der Waals surface area contributed by atoms with E-state index in [9.17, 15) is 4.79 Å². The Morgan fingerprint density at radius 3 is 2.58 bits per heavy atom. The summed E-state index contributed by atoms with van der Waals surface area (Å²) >= 11 is 0. The van der Waals surface area contributed by atoms with Gasteiger partial charge in [-0.15, -0.1) is 0 Å². The zero-order valence-electron chi connectivity index (χ0n) is 8.13. The standard InChI is InChI=1S/C10H17NO/c1-4-5-9(3)10(12)11-6-8(2)7-11/h5,8H,4,6-7H2,1-3H3/b9-5-. The van der Waals surface area contributed by atoms with Crippen molar-refractivity contribution in [2.45, 2.75) is 27.2 Å². The smallest absolute Gasteiger partial charge is 0.249 e. The fourth-order valence-electron chi connectivity index (χ4n) is 1.51. The van der Waals surface area contributed by atoms with Crippen LogP contribution in [-0.4, -0.2) is 23.9 Å². The quantitative estimate of drug-likeness (QED) is 0.574. The molecule has 1 aliphatic heterocycles. The number of carbonyl (C=O) groups is 1. The molecule has 1 aliphatic rings. The molecule has 0 N–H and O–H groups in total. The molecule has 0 radical (unpaired) electrons. The van der Waals surface area contributed by atoms with Crippen LogP contribution in [0.25, 0.3) is 0 Å². The average molecular weight is 167 g/mol. The van der Waals surface area contributed by atoms with Crippen LogP contribution >= 0.6 is 0 Å². The van der Waals surface area contributed by atoms with E-state index in [1.807, 2.05) is 17.9 Å². The molecule has 1 amide bonds. The zero-order valence-corrected chi connectivity index (χ0v) is 8.13. The van der Waals surface area contributed by atoms with Gasteiger partial charge in [0.05, 0.1) is 0 Å². The van der Waals surface area contributed by atoms with E-state index in [4.69, 9.17) is 0 Å². The Labute approximate surface area is 74.2 Å². The molecule has 0 spiro atoms. The monoisotopic (exact) mass is 167 g/mol. The van der Waals surface area contributed by atoms with Gasteiger partial charge >= 0.3 is 0 Å². The van der Waals surface area contributed by atoms with Crippen molar-refractivity contribution in [3.8, 4) is 0 Å². The Hall–Kier alpha value is -0.790. The second-order valence-corrected chi connectivity index (χ2v) is 3.61. The van der Waals surface area contributed by atoms with E-state index in [1.54, 1.807) is 0 Å². The van der Waals surface area contributed by atoms with Crippen LogP contribution in [0.2, 0.25) is 0 Å². The van der Waals surface area contributed by atoms with E-state index < -0.39 is 0 Å². The first-order chi connectivity index (χ1) is 5.65. The van der Waals surface area contributed by atoms with Crippen molar-refractivity contribution >= 4 is 5.91 Å². The highest BCUT2D eigenvalue weighted by molar-refractivity contribution is 5.93. The summed E-state index contributed by atoms with van der Waals surface area (Å²) in [5, 5.41) is 0. The van der Waals surface area contributed by atoms with Crippen LogP contribution in [0, 0.1) is 5.92 Å². The predicted molar refractivity (Wildman–Crippen MR) is 49.8 cm³/mol. The molecule has 12 heavy (non-hydrogen) atoms. The lowest BCUT2D eigenvalue weighted by atomic mass is 10.0. The minimum atomic E-state index is 0.218. The number of carbonyl (C=O) groups excluding carboxylic acids is 1. The van der Waals surface area contributed by atoms with Gasteiger partial charge in [0, 0.05) is 18.7 Å². The molecule has 2 heteroatoms. The van der Waals surface area contributed by atoms with Gasteiger partial charge in [-0.2, -0.15) is 0 Å². The van der Waals surface area contributed by atoms with Crippen LogP contribution in [0.5, 0.6) is 0 Å². The van der Waals surface area contributed by atoms with Crippen LogP contribution in [0.4, 0.5) is 0 Å². The molecule has 1 saturated heterocycles.